The van der Waals surface area contributed by atoms with Crippen molar-refractivity contribution < 1.29 is 19.4 Å². The highest BCUT2D eigenvalue weighted by molar-refractivity contribution is 5.79. The van der Waals surface area contributed by atoms with Gasteiger partial charge in [0, 0.05) is 6.04 Å². The number of ether oxygens (including phenoxy) is 1. The van der Waals surface area contributed by atoms with Gasteiger partial charge in [0.25, 0.3) is 0 Å². The molecule has 0 radical (unpaired) electrons. The number of methoxy groups -OCH3 is 1. The fraction of sp³-hybridized carbons (Fsp3) is 0.385. The number of nitrogens with one attached hydrogen (secondary N) is 1. The Hall–Kier alpha value is -2.04. The highest BCUT2D eigenvalue weighted by Crippen LogP contribution is 2.11. The Morgan fingerprint density at radius 3 is 2.44 bits per heavy atom. The maximum absolute atomic E-state index is 11.6. The molecule has 98 valence electrons. The molecular weight excluding hydrogens is 234 g/mol. The quantitative estimate of drug-likeness (QED) is 0.797. The monoisotopic (exact) mass is 251 g/mol. The van der Waals surface area contributed by atoms with Gasteiger partial charge in [0.1, 0.15) is 5.75 Å². The summed E-state index contributed by atoms with van der Waals surface area (Å²) in [4.78, 5) is 22.1. The average molecular weight is 251 g/mol. The number of amides is 1. The topological polar surface area (TPSA) is 75.6 Å². The molecule has 1 rings (SSSR count). The number of carbonyl (C=O) groups excluding carboxylic acids is 1. The number of carbonyl (C=O) groups is 2. The predicted octanol–water partition coefficient (Wildman–Crippen LogP) is 1.22. The SMILES string of the molecule is COc1ccc(CC(=O)NC(C)CC(=O)O)cc1. The van der Waals surface area contributed by atoms with Gasteiger partial charge in [-0.1, -0.05) is 12.1 Å². The lowest BCUT2D eigenvalue weighted by Gasteiger charge is -2.11. The van der Waals surface area contributed by atoms with E-state index >= 15 is 0 Å². The fourth-order valence-corrected chi connectivity index (χ4v) is 1.57. The Kier molecular flexibility index (Phi) is 5.17. The summed E-state index contributed by atoms with van der Waals surface area (Å²) < 4.78 is 5.02. The molecule has 0 aliphatic rings. The summed E-state index contributed by atoms with van der Waals surface area (Å²) >= 11 is 0. The Morgan fingerprint density at radius 1 is 1.33 bits per heavy atom. The zero-order valence-electron chi connectivity index (χ0n) is 10.5. The van der Waals surface area contributed by atoms with Crippen molar-refractivity contribution in [1.82, 2.24) is 5.32 Å². The summed E-state index contributed by atoms with van der Waals surface area (Å²) in [6.07, 6.45) is 0.155. The molecule has 0 aliphatic heterocycles. The van der Waals surface area contributed by atoms with Crippen LogP contribution in [0.15, 0.2) is 24.3 Å². The van der Waals surface area contributed by atoms with Gasteiger partial charge in [-0.25, -0.2) is 0 Å². The fourth-order valence-electron chi connectivity index (χ4n) is 1.57. The molecule has 0 heterocycles. The van der Waals surface area contributed by atoms with Crippen LogP contribution in [0.2, 0.25) is 0 Å². The lowest BCUT2D eigenvalue weighted by molar-refractivity contribution is -0.137. The van der Waals surface area contributed by atoms with E-state index in [1.165, 1.54) is 0 Å². The van der Waals surface area contributed by atoms with Crippen LogP contribution in [0.4, 0.5) is 0 Å². The molecule has 1 amide bonds. The first kappa shape index (κ1) is 14.0. The minimum Gasteiger partial charge on any atom is -0.497 e. The van der Waals surface area contributed by atoms with Gasteiger partial charge in [0.15, 0.2) is 0 Å². The molecule has 2 N–H and O–H groups in total. The number of carboxylic acids is 1. The van der Waals surface area contributed by atoms with Gasteiger partial charge in [-0.05, 0) is 24.6 Å². The second kappa shape index (κ2) is 6.64. The minimum absolute atomic E-state index is 0.0750. The van der Waals surface area contributed by atoms with Crippen molar-refractivity contribution in [2.24, 2.45) is 0 Å². The van der Waals surface area contributed by atoms with Crippen molar-refractivity contribution in [3.8, 4) is 5.75 Å². The second-order valence-electron chi connectivity index (χ2n) is 4.09. The number of aliphatic carboxylic acids is 1. The highest BCUT2D eigenvalue weighted by atomic mass is 16.5. The van der Waals surface area contributed by atoms with Crippen LogP contribution in [-0.2, 0) is 16.0 Å². The van der Waals surface area contributed by atoms with Gasteiger partial charge in [-0.2, -0.15) is 0 Å². The van der Waals surface area contributed by atoms with Gasteiger partial charge in [0.2, 0.25) is 5.91 Å². The van der Waals surface area contributed by atoms with E-state index < -0.39 is 5.97 Å². The molecule has 0 aromatic heterocycles. The molecule has 1 atom stereocenters. The Balaban J connectivity index is 2.46. The van der Waals surface area contributed by atoms with Crippen LogP contribution in [-0.4, -0.2) is 30.1 Å². The van der Waals surface area contributed by atoms with E-state index in [4.69, 9.17) is 9.84 Å². The van der Waals surface area contributed by atoms with E-state index in [1.807, 2.05) is 0 Å². The summed E-state index contributed by atoms with van der Waals surface area (Å²) in [6.45, 7) is 1.67. The molecule has 1 unspecified atom stereocenters. The van der Waals surface area contributed by atoms with Gasteiger partial charge in [-0.3, -0.25) is 9.59 Å². The van der Waals surface area contributed by atoms with Crippen LogP contribution in [0.3, 0.4) is 0 Å². The van der Waals surface area contributed by atoms with E-state index in [1.54, 1.807) is 38.3 Å². The maximum atomic E-state index is 11.6. The van der Waals surface area contributed by atoms with E-state index in [0.29, 0.717) is 0 Å². The molecule has 0 saturated heterocycles. The first-order valence-corrected chi connectivity index (χ1v) is 5.65. The van der Waals surface area contributed by atoms with Crippen molar-refractivity contribution in [2.75, 3.05) is 7.11 Å². The molecule has 0 aliphatic carbocycles. The zero-order valence-corrected chi connectivity index (χ0v) is 10.5. The van der Waals surface area contributed by atoms with Gasteiger partial charge in [0.05, 0.1) is 20.0 Å². The van der Waals surface area contributed by atoms with Gasteiger partial charge in [-0.15, -0.1) is 0 Å². The first-order chi connectivity index (χ1) is 8.51. The van der Waals surface area contributed by atoms with Crippen LogP contribution in [0.5, 0.6) is 5.75 Å². The Bertz CT molecular complexity index is 414. The standard InChI is InChI=1S/C13H17NO4/c1-9(7-13(16)17)14-12(15)8-10-3-5-11(18-2)6-4-10/h3-6,9H,7-8H2,1-2H3,(H,14,15)(H,16,17). The van der Waals surface area contributed by atoms with Crippen LogP contribution >= 0.6 is 0 Å². The molecule has 5 nitrogen and oxygen atoms in total. The van der Waals surface area contributed by atoms with Gasteiger partial charge < -0.3 is 15.2 Å². The van der Waals surface area contributed by atoms with Crippen LogP contribution in [0.1, 0.15) is 18.9 Å². The van der Waals surface area contributed by atoms with Crippen molar-refractivity contribution >= 4 is 11.9 Å². The molecule has 0 bridgehead atoms. The largest absolute Gasteiger partial charge is 0.497 e. The normalized spacial score (nSPS) is 11.7. The van der Waals surface area contributed by atoms with Crippen LogP contribution < -0.4 is 10.1 Å². The molecular formula is C13H17NO4. The summed E-state index contributed by atoms with van der Waals surface area (Å²) in [5.74, 6) is -0.375. The van der Waals surface area contributed by atoms with E-state index in [2.05, 4.69) is 5.32 Å². The summed E-state index contributed by atoms with van der Waals surface area (Å²) in [5.41, 5.74) is 0.857. The van der Waals surface area contributed by atoms with E-state index in [-0.39, 0.29) is 24.8 Å². The first-order valence-electron chi connectivity index (χ1n) is 5.65. The minimum atomic E-state index is -0.924. The molecule has 1 aromatic rings. The summed E-state index contributed by atoms with van der Waals surface area (Å²) in [6, 6.07) is 6.81. The molecule has 1 aromatic carbocycles. The zero-order chi connectivity index (χ0) is 13.5. The van der Waals surface area contributed by atoms with E-state index in [9.17, 15) is 9.59 Å². The van der Waals surface area contributed by atoms with Crippen LogP contribution in [0.25, 0.3) is 0 Å². The molecule has 5 heteroatoms. The third-order valence-corrected chi connectivity index (χ3v) is 2.41. The lowest BCUT2D eigenvalue weighted by atomic mass is 10.1. The number of hydrogen-bond donors (Lipinski definition) is 2. The third kappa shape index (κ3) is 4.86. The molecule has 0 fully saturated rings. The van der Waals surface area contributed by atoms with Crippen molar-refractivity contribution in [1.29, 1.82) is 0 Å². The second-order valence-corrected chi connectivity index (χ2v) is 4.09. The van der Waals surface area contributed by atoms with Crippen molar-refractivity contribution in [3.05, 3.63) is 29.8 Å². The van der Waals surface area contributed by atoms with Crippen molar-refractivity contribution in [3.63, 3.8) is 0 Å². The highest BCUT2D eigenvalue weighted by Gasteiger charge is 2.11. The summed E-state index contributed by atoms with van der Waals surface area (Å²) in [7, 11) is 1.58. The Labute approximate surface area is 106 Å². The van der Waals surface area contributed by atoms with Crippen LogP contribution in [0, 0.1) is 0 Å². The number of hydrogen-bond acceptors (Lipinski definition) is 3. The average Bonchev–Trinajstić information content (AvgIpc) is 2.28. The van der Waals surface area contributed by atoms with Crippen molar-refractivity contribution in [2.45, 2.75) is 25.8 Å². The lowest BCUT2D eigenvalue weighted by Crippen LogP contribution is -2.35. The third-order valence-electron chi connectivity index (χ3n) is 2.41. The van der Waals surface area contributed by atoms with E-state index in [0.717, 1.165) is 11.3 Å². The summed E-state index contributed by atoms with van der Waals surface area (Å²) in [5, 5.41) is 11.2. The number of rotatable bonds is 6. The smallest absolute Gasteiger partial charge is 0.305 e. The Morgan fingerprint density at radius 2 is 1.94 bits per heavy atom. The number of benzene rings is 1. The maximum Gasteiger partial charge on any atom is 0.305 e. The van der Waals surface area contributed by atoms with Gasteiger partial charge >= 0.3 is 5.97 Å². The molecule has 0 saturated carbocycles. The molecule has 18 heavy (non-hydrogen) atoms. The predicted molar refractivity (Wildman–Crippen MR) is 66.6 cm³/mol. The molecule has 0 spiro atoms. The number of carboxylic acid groups (broad SMARTS) is 1.